The smallest absolute Gasteiger partial charge is 1.00 e. The first-order valence-electron chi connectivity index (χ1n) is 11.6. The molecule has 2 aliphatic rings. The number of halogens is 2. The summed E-state index contributed by atoms with van der Waals surface area (Å²) in [5.74, 6) is 1.56. The molecular weight excluding hydrogens is 560 g/mol. The van der Waals surface area contributed by atoms with Gasteiger partial charge in [-0.1, -0.05) is 0 Å². The Balaban J connectivity index is 0.00000193. The zero-order valence-corrected chi connectivity index (χ0v) is 26.4. The molecule has 5 heteroatoms. The van der Waals surface area contributed by atoms with Crippen LogP contribution in [-0.4, -0.2) is 25.7 Å². The number of hydrogen-bond acceptors (Lipinski definition) is 0. The Morgan fingerprint density at radius 1 is 0.697 bits per heavy atom. The number of hydrogen-bond donors (Lipinski definition) is 0. The Kier molecular flexibility index (Phi) is 11.6. The zero-order valence-electron chi connectivity index (χ0n) is 20.6. The summed E-state index contributed by atoms with van der Waals surface area (Å²) in [5.41, 5.74) is 6.32. The maximum atomic E-state index is 2.64. The van der Waals surface area contributed by atoms with Gasteiger partial charge in [-0.05, 0) is 0 Å². The topological polar surface area (TPSA) is 0 Å². The van der Waals surface area contributed by atoms with Crippen molar-refractivity contribution in [2.45, 2.75) is 34.9 Å². The Hall–Kier alpha value is 0.243. The van der Waals surface area contributed by atoms with Crippen molar-refractivity contribution in [2.24, 2.45) is 11.8 Å². The molecule has 2 aromatic rings. The second kappa shape index (κ2) is 13.0. The van der Waals surface area contributed by atoms with Crippen LogP contribution in [0, 0.1) is 11.8 Å². The summed E-state index contributed by atoms with van der Waals surface area (Å²) in [4.78, 5) is 0. The fourth-order valence-corrected chi connectivity index (χ4v) is 17.5. The summed E-state index contributed by atoms with van der Waals surface area (Å²) in [6.45, 7) is 14.6. The molecule has 0 bridgehead atoms. The molecule has 0 nitrogen and oxygen atoms in total. The average molecular weight is 597 g/mol. The number of allylic oxidation sites excluding steroid dienone is 2. The largest absolute Gasteiger partial charge is 1.00 e. The van der Waals surface area contributed by atoms with E-state index in [1.54, 1.807) is 16.4 Å². The van der Waals surface area contributed by atoms with Gasteiger partial charge in [-0.3, -0.25) is 0 Å². The standard InChI is InChI=1S/C17H24P.C11H12P.2ClH.Zr/c1-13(2)11-18(12-14(3)4)17-9-15-7-5-6-8-16(15)10-17;1-12(2)11-7-9-5-3-4-6-10(9)8-11;;;/h5-10,13-14H,11-12H2,1-4H3;3-8H,1-2H3;2*1H;/q;;;;+2/p-2. The van der Waals surface area contributed by atoms with Gasteiger partial charge in [0.05, 0.1) is 0 Å². The summed E-state index contributed by atoms with van der Waals surface area (Å²) in [6.07, 6.45) is 7.98. The van der Waals surface area contributed by atoms with Crippen molar-refractivity contribution >= 4 is 28.0 Å². The first-order chi connectivity index (χ1) is 14.8. The van der Waals surface area contributed by atoms with Crippen molar-refractivity contribution in [2.75, 3.05) is 25.7 Å². The van der Waals surface area contributed by atoms with Gasteiger partial charge in [-0.2, -0.15) is 0 Å². The average Bonchev–Trinajstić information content (AvgIpc) is 3.26. The van der Waals surface area contributed by atoms with Gasteiger partial charge < -0.3 is 24.8 Å². The van der Waals surface area contributed by atoms with Gasteiger partial charge in [-0.15, -0.1) is 0 Å². The fraction of sp³-hybridized carbons (Fsp3) is 0.429. The van der Waals surface area contributed by atoms with Gasteiger partial charge in [0.2, 0.25) is 0 Å². The van der Waals surface area contributed by atoms with Gasteiger partial charge >= 0.3 is 205 Å². The van der Waals surface area contributed by atoms with Crippen molar-refractivity contribution in [1.82, 2.24) is 0 Å². The molecule has 33 heavy (non-hydrogen) atoms. The molecule has 2 aliphatic carbocycles. The van der Waals surface area contributed by atoms with Crippen LogP contribution in [0.5, 0.6) is 0 Å². The van der Waals surface area contributed by atoms with Gasteiger partial charge in [0.15, 0.2) is 0 Å². The molecule has 0 spiro atoms. The summed E-state index contributed by atoms with van der Waals surface area (Å²) >= 11 is -0.774. The minimum Gasteiger partial charge on any atom is -1.00 e. The molecule has 0 aliphatic heterocycles. The predicted molar refractivity (Wildman–Crippen MR) is 139 cm³/mol. The molecule has 0 radical (unpaired) electrons. The molecule has 0 aromatic heterocycles. The molecule has 176 valence electrons. The van der Waals surface area contributed by atoms with E-state index in [9.17, 15) is 0 Å². The van der Waals surface area contributed by atoms with Crippen molar-refractivity contribution < 1.29 is 48.0 Å². The number of fused-ring (bicyclic) bond motifs is 2. The quantitative estimate of drug-likeness (QED) is 0.412. The number of benzene rings is 2. The Bertz CT molecular complexity index is 987. The van der Waals surface area contributed by atoms with Crippen LogP contribution in [0.1, 0.15) is 57.2 Å². The van der Waals surface area contributed by atoms with Crippen LogP contribution in [0.25, 0.3) is 12.2 Å². The molecule has 0 fully saturated rings. The van der Waals surface area contributed by atoms with Crippen LogP contribution in [0.15, 0.2) is 59.2 Å². The third-order valence-electron chi connectivity index (χ3n) is 6.20. The molecule has 0 amide bonds. The SMILES string of the molecule is CC(C)CP(CC(C)C)C1=Cc2ccccc2[CH]1[Zr+2][CH]1C(P(C)C)=Cc2ccccc21.[Cl-].[Cl-]. The molecule has 0 N–H and O–H groups in total. The monoisotopic (exact) mass is 594 g/mol. The first kappa shape index (κ1) is 29.5. The van der Waals surface area contributed by atoms with E-state index in [2.05, 4.69) is 102 Å². The van der Waals surface area contributed by atoms with E-state index in [0.29, 0.717) is 0 Å². The Morgan fingerprint density at radius 3 is 1.58 bits per heavy atom. The molecule has 0 heterocycles. The van der Waals surface area contributed by atoms with Crippen LogP contribution >= 0.6 is 15.8 Å². The van der Waals surface area contributed by atoms with E-state index < -0.39 is 23.2 Å². The zero-order chi connectivity index (χ0) is 22.1. The Labute approximate surface area is 228 Å². The number of rotatable bonds is 8. The van der Waals surface area contributed by atoms with E-state index >= 15 is 0 Å². The van der Waals surface area contributed by atoms with Crippen LogP contribution in [0.3, 0.4) is 0 Å². The van der Waals surface area contributed by atoms with E-state index in [1.165, 1.54) is 23.5 Å². The van der Waals surface area contributed by atoms with Crippen LogP contribution < -0.4 is 24.8 Å². The minimum absolute atomic E-state index is 0. The molecule has 4 rings (SSSR count). The molecule has 2 unspecified atom stereocenters. The fourth-order valence-electron chi connectivity index (χ4n) is 4.96. The van der Waals surface area contributed by atoms with Gasteiger partial charge in [0, 0.05) is 0 Å². The maximum absolute atomic E-state index is 2.64. The summed E-state index contributed by atoms with van der Waals surface area (Å²) in [7, 11) is -0.0967. The van der Waals surface area contributed by atoms with Gasteiger partial charge in [0.1, 0.15) is 0 Å². The summed E-state index contributed by atoms with van der Waals surface area (Å²) < 4.78 is 1.49. The molecule has 2 atom stereocenters. The van der Waals surface area contributed by atoms with Crippen LogP contribution in [0.4, 0.5) is 0 Å². The van der Waals surface area contributed by atoms with Crippen molar-refractivity contribution in [3.05, 3.63) is 81.4 Å². The van der Waals surface area contributed by atoms with E-state index in [-0.39, 0.29) is 40.7 Å². The molecule has 2 aromatic carbocycles. The predicted octanol–water partition coefficient (Wildman–Crippen LogP) is 2.80. The Morgan fingerprint density at radius 2 is 1.12 bits per heavy atom. The first-order valence-corrected chi connectivity index (χ1v) is 18.4. The van der Waals surface area contributed by atoms with Crippen LogP contribution in [0.2, 0.25) is 0 Å². The van der Waals surface area contributed by atoms with E-state index in [0.717, 1.165) is 19.1 Å². The maximum Gasteiger partial charge on any atom is -1.00 e. The second-order valence-electron chi connectivity index (χ2n) is 10.0. The van der Waals surface area contributed by atoms with Gasteiger partial charge in [-0.25, -0.2) is 0 Å². The van der Waals surface area contributed by atoms with E-state index in [4.69, 9.17) is 0 Å². The third kappa shape index (κ3) is 6.72. The van der Waals surface area contributed by atoms with Gasteiger partial charge in [0.25, 0.3) is 0 Å². The van der Waals surface area contributed by atoms with Crippen molar-refractivity contribution in [1.29, 1.82) is 0 Å². The van der Waals surface area contributed by atoms with Crippen molar-refractivity contribution in [3.63, 3.8) is 0 Å². The molecule has 0 saturated carbocycles. The third-order valence-corrected chi connectivity index (χ3v) is 17.0. The second-order valence-corrected chi connectivity index (χ2v) is 18.3. The van der Waals surface area contributed by atoms with Crippen molar-refractivity contribution in [3.8, 4) is 0 Å². The van der Waals surface area contributed by atoms with Crippen LogP contribution in [-0.2, 0) is 23.2 Å². The molecule has 0 saturated heterocycles. The summed E-state index contributed by atoms with van der Waals surface area (Å²) in [5, 5.41) is 3.62. The van der Waals surface area contributed by atoms with E-state index in [1.807, 2.05) is 5.31 Å². The molecular formula is C28H36Cl2P2Zr. The minimum atomic E-state index is -0.774. The summed E-state index contributed by atoms with van der Waals surface area (Å²) in [6, 6.07) is 18.6. The normalized spacial score (nSPS) is 18.5.